The minimum atomic E-state index is -0.247. The van der Waals surface area contributed by atoms with Crippen molar-refractivity contribution in [3.05, 3.63) is 59.4 Å². The van der Waals surface area contributed by atoms with Crippen LogP contribution in [0.1, 0.15) is 46.1 Å². The lowest BCUT2D eigenvalue weighted by atomic mass is 9.73. The monoisotopic (exact) mass is 451 g/mol. The Morgan fingerprint density at radius 2 is 1.70 bits per heavy atom. The molecule has 0 spiro atoms. The molecule has 176 valence electrons. The van der Waals surface area contributed by atoms with Crippen molar-refractivity contribution < 1.29 is 24.1 Å². The van der Waals surface area contributed by atoms with Gasteiger partial charge in [-0.15, -0.1) is 0 Å². The number of aliphatic hydroxyl groups excluding tert-OH is 1. The maximum absolute atomic E-state index is 13.1. The van der Waals surface area contributed by atoms with Gasteiger partial charge in [0.25, 0.3) is 0 Å². The average molecular weight is 452 g/mol. The van der Waals surface area contributed by atoms with Crippen LogP contribution in [0.2, 0.25) is 0 Å². The first-order valence-electron chi connectivity index (χ1n) is 11.3. The molecule has 0 atom stereocenters. The lowest BCUT2D eigenvalue weighted by molar-refractivity contribution is -0.117. The molecule has 1 saturated carbocycles. The van der Waals surface area contributed by atoms with Gasteiger partial charge in [-0.1, -0.05) is 32.0 Å². The standard InChI is InChI=1S/C27H33NO5/c1-6-32-24-13-12-18(15-25(24)33-7-2)14-21(29)26-20(16-27(3,4)17-22(26)30)28-19-10-8-9-11-23(19)31-5/h8-13,15,29H,6-7,14,16-17H2,1-5H3. The third kappa shape index (κ3) is 5.95. The molecule has 0 aliphatic heterocycles. The predicted octanol–water partition coefficient (Wildman–Crippen LogP) is 6.01. The van der Waals surface area contributed by atoms with Gasteiger partial charge in [-0.3, -0.25) is 4.79 Å². The first-order valence-corrected chi connectivity index (χ1v) is 11.3. The molecule has 2 aromatic rings. The van der Waals surface area contributed by atoms with E-state index in [0.29, 0.717) is 60.3 Å². The van der Waals surface area contributed by atoms with Gasteiger partial charge in [0.05, 0.1) is 31.6 Å². The van der Waals surface area contributed by atoms with Crippen molar-refractivity contribution in [1.29, 1.82) is 0 Å². The van der Waals surface area contributed by atoms with Gasteiger partial charge in [0.1, 0.15) is 17.2 Å². The topological polar surface area (TPSA) is 77.4 Å². The van der Waals surface area contributed by atoms with E-state index in [0.717, 1.165) is 5.56 Å². The number of Topliss-reactive ketones (excluding diaryl/α,β-unsaturated/α-hetero) is 1. The fourth-order valence-corrected chi connectivity index (χ4v) is 4.07. The number of allylic oxidation sites excluding steroid dienone is 2. The molecule has 6 heteroatoms. The first-order chi connectivity index (χ1) is 15.8. The minimum absolute atomic E-state index is 0.00996. The Hall–Kier alpha value is -3.28. The Morgan fingerprint density at radius 1 is 1.00 bits per heavy atom. The molecule has 0 heterocycles. The third-order valence-electron chi connectivity index (χ3n) is 5.46. The van der Waals surface area contributed by atoms with Crippen LogP contribution < -0.4 is 14.2 Å². The molecule has 0 amide bonds. The van der Waals surface area contributed by atoms with Crippen LogP contribution in [0.15, 0.2) is 58.8 Å². The van der Waals surface area contributed by atoms with Crippen molar-refractivity contribution in [1.82, 2.24) is 0 Å². The van der Waals surface area contributed by atoms with E-state index in [4.69, 9.17) is 19.2 Å². The Labute approximate surface area is 195 Å². The summed E-state index contributed by atoms with van der Waals surface area (Å²) >= 11 is 0. The number of benzene rings is 2. The van der Waals surface area contributed by atoms with Crippen LogP contribution in [-0.4, -0.2) is 36.9 Å². The van der Waals surface area contributed by atoms with Gasteiger partial charge < -0.3 is 19.3 Å². The molecule has 1 fully saturated rings. The fourth-order valence-electron chi connectivity index (χ4n) is 4.07. The van der Waals surface area contributed by atoms with Gasteiger partial charge in [0.2, 0.25) is 0 Å². The van der Waals surface area contributed by atoms with Crippen LogP contribution in [-0.2, 0) is 11.2 Å². The molecule has 0 unspecified atom stereocenters. The van der Waals surface area contributed by atoms with Crippen LogP contribution in [0.3, 0.4) is 0 Å². The Balaban J connectivity index is 2.02. The molecule has 6 nitrogen and oxygen atoms in total. The summed E-state index contributed by atoms with van der Waals surface area (Å²) in [5.74, 6) is 1.80. The van der Waals surface area contributed by atoms with E-state index in [1.54, 1.807) is 7.11 Å². The highest BCUT2D eigenvalue weighted by molar-refractivity contribution is 6.25. The summed E-state index contributed by atoms with van der Waals surface area (Å²) in [5.41, 5.74) is 2.08. The van der Waals surface area contributed by atoms with E-state index in [9.17, 15) is 9.90 Å². The van der Waals surface area contributed by atoms with Gasteiger partial charge in [-0.05, 0) is 55.5 Å². The van der Waals surface area contributed by atoms with Crippen molar-refractivity contribution in [3.63, 3.8) is 0 Å². The van der Waals surface area contributed by atoms with Crippen LogP contribution in [0.5, 0.6) is 17.2 Å². The maximum Gasteiger partial charge on any atom is 0.168 e. The van der Waals surface area contributed by atoms with Crippen molar-refractivity contribution in [3.8, 4) is 17.2 Å². The highest BCUT2D eigenvalue weighted by Crippen LogP contribution is 2.38. The summed E-state index contributed by atoms with van der Waals surface area (Å²) in [6.07, 6.45) is 1.12. The number of ketones is 1. The summed E-state index contributed by atoms with van der Waals surface area (Å²) in [6.45, 7) is 8.93. The Bertz CT molecular complexity index is 1070. The molecular formula is C27H33NO5. The Morgan fingerprint density at radius 3 is 2.39 bits per heavy atom. The van der Waals surface area contributed by atoms with E-state index >= 15 is 0 Å². The van der Waals surface area contributed by atoms with E-state index in [1.807, 2.05) is 70.2 Å². The molecule has 2 aromatic carbocycles. The van der Waals surface area contributed by atoms with Crippen molar-refractivity contribution in [2.75, 3.05) is 20.3 Å². The highest BCUT2D eigenvalue weighted by atomic mass is 16.5. The van der Waals surface area contributed by atoms with Gasteiger partial charge >= 0.3 is 0 Å². The fraction of sp³-hybridized carbons (Fsp3) is 0.407. The number of ether oxygens (including phenoxy) is 3. The number of hydrogen-bond donors (Lipinski definition) is 1. The maximum atomic E-state index is 13.1. The molecule has 3 rings (SSSR count). The lowest BCUT2D eigenvalue weighted by Crippen LogP contribution is -2.32. The van der Waals surface area contributed by atoms with Gasteiger partial charge in [-0.25, -0.2) is 4.99 Å². The summed E-state index contributed by atoms with van der Waals surface area (Å²) in [6, 6.07) is 13.0. The summed E-state index contributed by atoms with van der Waals surface area (Å²) < 4.78 is 16.8. The lowest BCUT2D eigenvalue weighted by Gasteiger charge is -2.31. The molecule has 0 aromatic heterocycles. The second-order valence-corrected chi connectivity index (χ2v) is 8.82. The largest absolute Gasteiger partial charge is 0.511 e. The normalized spacial score (nSPS) is 18.2. The molecule has 1 N–H and O–H groups in total. The third-order valence-corrected chi connectivity index (χ3v) is 5.46. The van der Waals surface area contributed by atoms with Gasteiger partial charge in [-0.2, -0.15) is 0 Å². The smallest absolute Gasteiger partial charge is 0.168 e. The molecule has 1 aliphatic carbocycles. The predicted molar refractivity (Wildman–Crippen MR) is 130 cm³/mol. The number of carbonyl (C=O) groups is 1. The number of aliphatic hydroxyl groups is 1. The molecule has 0 radical (unpaired) electrons. The number of carbonyl (C=O) groups excluding carboxylic acids is 1. The number of para-hydroxylation sites is 2. The summed E-state index contributed by atoms with van der Waals surface area (Å²) in [5, 5.41) is 11.1. The van der Waals surface area contributed by atoms with E-state index in [2.05, 4.69) is 0 Å². The molecule has 0 bridgehead atoms. The van der Waals surface area contributed by atoms with Crippen molar-refractivity contribution in [2.24, 2.45) is 10.4 Å². The quantitative estimate of drug-likeness (QED) is 0.393. The molecule has 33 heavy (non-hydrogen) atoms. The van der Waals surface area contributed by atoms with Crippen LogP contribution in [0.25, 0.3) is 0 Å². The van der Waals surface area contributed by atoms with Crippen LogP contribution in [0, 0.1) is 5.41 Å². The van der Waals surface area contributed by atoms with Gasteiger partial charge in [0, 0.05) is 12.8 Å². The second kappa shape index (κ2) is 10.6. The molecule has 1 aliphatic rings. The first kappa shape index (κ1) is 24.4. The van der Waals surface area contributed by atoms with E-state index < -0.39 is 0 Å². The Kier molecular flexibility index (Phi) is 7.79. The number of hydrogen-bond acceptors (Lipinski definition) is 6. The number of aliphatic imine (C=N–C) groups is 1. The van der Waals surface area contributed by atoms with E-state index in [-0.39, 0.29) is 23.4 Å². The number of rotatable bonds is 8. The van der Waals surface area contributed by atoms with Crippen molar-refractivity contribution in [2.45, 2.75) is 47.0 Å². The van der Waals surface area contributed by atoms with Crippen LogP contribution in [0.4, 0.5) is 5.69 Å². The summed E-state index contributed by atoms with van der Waals surface area (Å²) in [4.78, 5) is 17.9. The highest BCUT2D eigenvalue weighted by Gasteiger charge is 2.36. The zero-order valence-corrected chi connectivity index (χ0v) is 20.1. The minimum Gasteiger partial charge on any atom is -0.511 e. The zero-order valence-electron chi connectivity index (χ0n) is 20.1. The molecular weight excluding hydrogens is 418 g/mol. The SMILES string of the molecule is CCOc1ccc(CC(O)=C2C(=O)CC(C)(C)CC2=Nc2ccccc2OC)cc1OCC. The van der Waals surface area contributed by atoms with Gasteiger partial charge in [0.15, 0.2) is 17.3 Å². The average Bonchev–Trinajstić information content (AvgIpc) is 2.75. The van der Waals surface area contributed by atoms with E-state index in [1.165, 1.54) is 0 Å². The van der Waals surface area contributed by atoms with Crippen LogP contribution >= 0.6 is 0 Å². The number of methoxy groups -OCH3 is 1. The molecule has 0 saturated heterocycles. The van der Waals surface area contributed by atoms with Crippen molar-refractivity contribution >= 4 is 17.2 Å². The second-order valence-electron chi connectivity index (χ2n) is 8.82. The zero-order chi connectivity index (χ0) is 24.0. The number of nitrogens with zero attached hydrogens (tertiary/aromatic N) is 1. The summed E-state index contributed by atoms with van der Waals surface area (Å²) in [7, 11) is 1.59.